The van der Waals surface area contributed by atoms with E-state index in [1.807, 2.05) is 0 Å². The van der Waals surface area contributed by atoms with Crippen molar-refractivity contribution in [2.75, 3.05) is 0 Å². The first kappa shape index (κ1) is 18.3. The summed E-state index contributed by atoms with van der Waals surface area (Å²) in [6.45, 7) is 8.92. The molecule has 1 heteroatoms. The minimum atomic E-state index is -2.24. The predicted octanol–water partition coefficient (Wildman–Crippen LogP) is 3.94. The van der Waals surface area contributed by atoms with Gasteiger partial charge in [0.25, 0.3) is 0 Å². The van der Waals surface area contributed by atoms with E-state index in [-0.39, 0.29) is 0 Å². The van der Waals surface area contributed by atoms with Crippen LogP contribution in [0.25, 0.3) is 0 Å². The Hall–Kier alpha value is -1.46. The van der Waals surface area contributed by atoms with Crippen LogP contribution in [0.1, 0.15) is 36.1 Å². The van der Waals surface area contributed by atoms with E-state index in [1.54, 1.807) is 9.81 Å². The Bertz CT molecular complexity index is 781. The molecule has 0 atom stereocenters. The van der Waals surface area contributed by atoms with Gasteiger partial charge in [0.2, 0.25) is 0 Å². The monoisotopic (exact) mass is 524 g/mol. The molecule has 3 aromatic carbocycles. The summed E-state index contributed by atoms with van der Waals surface area (Å²) in [4.78, 5) is 0. The molecule has 0 aliphatic carbocycles. The van der Waals surface area contributed by atoms with E-state index >= 15 is 0 Å². The fraction of sp³-hybridized carbons (Fsp3) is 0.250. The van der Waals surface area contributed by atoms with Crippen LogP contribution in [0, 0.1) is 13.8 Å². The maximum absolute atomic E-state index is 2.39. The van der Waals surface area contributed by atoms with E-state index in [1.165, 1.54) is 22.3 Å². The third-order valence-electron chi connectivity index (χ3n) is 4.80. The summed E-state index contributed by atoms with van der Waals surface area (Å²) >= 11 is -2.24. The van der Waals surface area contributed by atoms with Crippen LogP contribution in [0.5, 0.6) is 0 Å². The van der Waals surface area contributed by atoms with E-state index in [2.05, 4.69) is 94.4 Å². The van der Waals surface area contributed by atoms with E-state index in [0.717, 1.165) is 12.8 Å². The molecule has 0 radical (unpaired) electrons. The summed E-state index contributed by atoms with van der Waals surface area (Å²) < 4.78 is 4.75. The quantitative estimate of drug-likeness (QED) is 0.444. The summed E-state index contributed by atoms with van der Waals surface area (Å²) in [6.07, 6.45) is 2.21. The Morgan fingerprint density at radius 2 is 1.12 bits per heavy atom. The van der Waals surface area contributed by atoms with Crippen LogP contribution >= 0.6 is 0 Å². The molecule has 0 aliphatic heterocycles. The Morgan fingerprint density at radius 3 is 1.52 bits per heavy atom. The van der Waals surface area contributed by atoms with Crippen molar-refractivity contribution in [1.82, 2.24) is 0 Å². The first-order chi connectivity index (χ1) is 12.1. The molecule has 0 aromatic heterocycles. The number of benzene rings is 3. The van der Waals surface area contributed by atoms with Crippen molar-refractivity contribution in [3.8, 4) is 0 Å². The predicted molar refractivity (Wildman–Crippen MR) is 112 cm³/mol. The second kappa shape index (κ2) is 8.28. The van der Waals surface area contributed by atoms with Gasteiger partial charge in [0.15, 0.2) is 0 Å². The molecule has 0 unspecified atom stereocenters. The summed E-state index contributed by atoms with van der Waals surface area (Å²) in [5, 5.41) is 0. The van der Waals surface area contributed by atoms with Crippen LogP contribution in [0.4, 0.5) is 0 Å². The number of hydrogen-bond acceptors (Lipinski definition) is 0. The summed E-state index contributed by atoms with van der Waals surface area (Å²) in [5.74, 6) is 0. The van der Waals surface area contributed by atoms with E-state index in [0.29, 0.717) is 0 Å². The third kappa shape index (κ3) is 4.21. The molecular weight excluding hydrogens is 497 g/mol. The molecular formula is C24H27Bi. The molecule has 0 aliphatic rings. The average Bonchev–Trinajstić information content (AvgIpc) is 2.65. The molecule has 0 spiro atoms. The standard InChI is InChI=1S/3C8H9.Bi/c1-7-4-3-5-8(2)6-7;2*1-2-8-6-4-3-5-7-8;/h3-4,6H,1-2H3;2*4-7H,2H2,1H3;. The van der Waals surface area contributed by atoms with Crippen molar-refractivity contribution >= 4 is 31.6 Å². The molecule has 0 fully saturated rings. The van der Waals surface area contributed by atoms with Crippen molar-refractivity contribution in [2.45, 2.75) is 40.5 Å². The van der Waals surface area contributed by atoms with Gasteiger partial charge in [-0.3, -0.25) is 0 Å². The van der Waals surface area contributed by atoms with Gasteiger partial charge in [-0.15, -0.1) is 0 Å². The summed E-state index contributed by atoms with van der Waals surface area (Å²) in [5.41, 5.74) is 5.66. The zero-order valence-corrected chi connectivity index (χ0v) is 19.2. The van der Waals surface area contributed by atoms with Crippen LogP contribution in [-0.2, 0) is 12.8 Å². The van der Waals surface area contributed by atoms with Gasteiger partial charge >= 0.3 is 161 Å². The van der Waals surface area contributed by atoms with E-state index in [9.17, 15) is 0 Å². The molecule has 0 saturated heterocycles. The van der Waals surface area contributed by atoms with Gasteiger partial charge in [-0.2, -0.15) is 0 Å². The van der Waals surface area contributed by atoms with Gasteiger partial charge < -0.3 is 0 Å². The van der Waals surface area contributed by atoms with E-state index < -0.39 is 21.8 Å². The Labute approximate surface area is 160 Å². The zero-order chi connectivity index (χ0) is 17.8. The fourth-order valence-electron chi connectivity index (χ4n) is 3.24. The molecule has 3 rings (SSSR count). The molecule has 0 heterocycles. The molecule has 0 nitrogen and oxygen atoms in total. The van der Waals surface area contributed by atoms with Gasteiger partial charge in [-0.25, -0.2) is 0 Å². The normalized spacial score (nSPS) is 11.1. The first-order valence-electron chi connectivity index (χ1n) is 9.17. The first-order valence-corrected chi connectivity index (χ1v) is 14.4. The summed E-state index contributed by atoms with van der Waals surface area (Å²) in [6, 6.07) is 25.9. The van der Waals surface area contributed by atoms with Gasteiger partial charge in [0.1, 0.15) is 0 Å². The molecule has 3 aromatic rings. The SMILES string of the molecule is CCc1cc[c]([Bi]([c]2ccc(CC)cc2)[c]2ccc(C)cc2C)cc1. The van der Waals surface area contributed by atoms with Gasteiger partial charge in [0, 0.05) is 0 Å². The molecule has 0 bridgehead atoms. The van der Waals surface area contributed by atoms with Crippen LogP contribution in [0.15, 0.2) is 66.7 Å². The maximum atomic E-state index is 2.39. The second-order valence-corrected chi connectivity index (χ2v) is 15.2. The van der Waals surface area contributed by atoms with Crippen LogP contribution in [0.3, 0.4) is 0 Å². The van der Waals surface area contributed by atoms with Crippen molar-refractivity contribution in [3.05, 3.63) is 89.0 Å². The number of rotatable bonds is 5. The minimum absolute atomic E-state index is 1.11. The average molecular weight is 524 g/mol. The topological polar surface area (TPSA) is 0 Å². The summed E-state index contributed by atoms with van der Waals surface area (Å²) in [7, 11) is 0. The zero-order valence-electron chi connectivity index (χ0n) is 15.7. The Kier molecular flexibility index (Phi) is 6.07. The fourth-order valence-corrected chi connectivity index (χ4v) is 12.5. The van der Waals surface area contributed by atoms with Crippen LogP contribution in [0.2, 0.25) is 0 Å². The molecule has 25 heavy (non-hydrogen) atoms. The Morgan fingerprint density at radius 1 is 0.640 bits per heavy atom. The molecule has 0 N–H and O–H groups in total. The van der Waals surface area contributed by atoms with Crippen LogP contribution in [-0.4, -0.2) is 21.8 Å². The molecule has 0 amide bonds. The van der Waals surface area contributed by atoms with Crippen molar-refractivity contribution < 1.29 is 0 Å². The number of aryl methyl sites for hydroxylation is 4. The van der Waals surface area contributed by atoms with Crippen molar-refractivity contribution in [3.63, 3.8) is 0 Å². The van der Waals surface area contributed by atoms with Gasteiger partial charge in [-0.1, -0.05) is 0 Å². The number of hydrogen-bond donors (Lipinski definition) is 0. The molecule has 0 saturated carbocycles. The third-order valence-corrected chi connectivity index (χ3v) is 15.0. The van der Waals surface area contributed by atoms with Crippen molar-refractivity contribution in [1.29, 1.82) is 0 Å². The van der Waals surface area contributed by atoms with E-state index in [4.69, 9.17) is 0 Å². The Balaban J connectivity index is 2.12. The van der Waals surface area contributed by atoms with Crippen molar-refractivity contribution in [2.24, 2.45) is 0 Å². The van der Waals surface area contributed by atoms with Gasteiger partial charge in [0.05, 0.1) is 0 Å². The van der Waals surface area contributed by atoms with Gasteiger partial charge in [-0.05, 0) is 0 Å². The second-order valence-electron chi connectivity index (χ2n) is 6.67. The molecule has 128 valence electrons. The van der Waals surface area contributed by atoms with Crippen LogP contribution < -0.4 is 9.81 Å².